The van der Waals surface area contributed by atoms with Crippen molar-refractivity contribution in [2.45, 2.75) is 69.4 Å². The molecule has 2 aliphatic carbocycles. The van der Waals surface area contributed by atoms with E-state index in [4.69, 9.17) is 5.11 Å². The standard InChI is InChI=1S/C13H22N2O3/c1-12(5-4-6-12)14-11(18)15-13(9-10(16)17)7-2-3-8-13/h2-9H2,1H3,(H,16,17)(H2,14,15,18). The van der Waals surface area contributed by atoms with Crippen LogP contribution in [0.25, 0.3) is 0 Å². The number of carboxylic acids is 1. The minimum Gasteiger partial charge on any atom is -0.481 e. The molecule has 3 N–H and O–H groups in total. The molecule has 5 heteroatoms. The van der Waals surface area contributed by atoms with Crippen molar-refractivity contribution in [1.29, 1.82) is 0 Å². The van der Waals surface area contributed by atoms with E-state index in [2.05, 4.69) is 10.6 Å². The van der Waals surface area contributed by atoms with Crippen LogP contribution in [0.4, 0.5) is 4.79 Å². The minimum absolute atomic E-state index is 0.0249. The fourth-order valence-corrected chi connectivity index (χ4v) is 3.07. The normalized spacial score (nSPS) is 24.1. The quantitative estimate of drug-likeness (QED) is 0.718. The second kappa shape index (κ2) is 4.78. The Morgan fingerprint density at radius 1 is 1.06 bits per heavy atom. The number of aliphatic carboxylic acids is 1. The summed E-state index contributed by atoms with van der Waals surface area (Å²) in [6.07, 6.45) is 6.70. The van der Waals surface area contributed by atoms with E-state index < -0.39 is 11.5 Å². The van der Waals surface area contributed by atoms with Crippen LogP contribution < -0.4 is 10.6 Å². The molecule has 0 spiro atoms. The lowest BCUT2D eigenvalue weighted by Gasteiger charge is -2.40. The van der Waals surface area contributed by atoms with Crippen LogP contribution in [0.1, 0.15) is 58.3 Å². The highest BCUT2D eigenvalue weighted by Gasteiger charge is 2.39. The monoisotopic (exact) mass is 254 g/mol. The zero-order valence-electron chi connectivity index (χ0n) is 10.9. The fourth-order valence-electron chi connectivity index (χ4n) is 3.07. The van der Waals surface area contributed by atoms with Crippen molar-refractivity contribution in [3.05, 3.63) is 0 Å². The maximum absolute atomic E-state index is 12.0. The van der Waals surface area contributed by atoms with E-state index in [9.17, 15) is 9.59 Å². The average molecular weight is 254 g/mol. The van der Waals surface area contributed by atoms with Crippen LogP contribution in [0.15, 0.2) is 0 Å². The van der Waals surface area contributed by atoms with Crippen LogP contribution in [0, 0.1) is 0 Å². The molecule has 0 aromatic heterocycles. The molecule has 2 rings (SSSR count). The molecule has 2 aliphatic rings. The van der Waals surface area contributed by atoms with Gasteiger partial charge in [-0.15, -0.1) is 0 Å². The van der Waals surface area contributed by atoms with Gasteiger partial charge in [0.05, 0.1) is 12.0 Å². The minimum atomic E-state index is -0.841. The third-order valence-electron chi connectivity index (χ3n) is 4.30. The number of urea groups is 1. The number of rotatable bonds is 4. The molecule has 0 unspecified atom stereocenters. The first-order valence-electron chi connectivity index (χ1n) is 6.75. The van der Waals surface area contributed by atoms with Gasteiger partial charge >= 0.3 is 12.0 Å². The molecule has 2 fully saturated rings. The Kier molecular flexibility index (Phi) is 3.50. The Morgan fingerprint density at radius 2 is 1.67 bits per heavy atom. The van der Waals surface area contributed by atoms with E-state index in [0.717, 1.165) is 44.9 Å². The first-order valence-corrected chi connectivity index (χ1v) is 6.75. The summed E-state index contributed by atoms with van der Waals surface area (Å²) in [5.41, 5.74) is -0.622. The van der Waals surface area contributed by atoms with Crippen molar-refractivity contribution in [2.24, 2.45) is 0 Å². The van der Waals surface area contributed by atoms with Crippen molar-refractivity contribution in [3.8, 4) is 0 Å². The van der Waals surface area contributed by atoms with Gasteiger partial charge in [0, 0.05) is 5.54 Å². The summed E-state index contributed by atoms with van der Waals surface area (Å²) in [4.78, 5) is 22.9. The molecular weight excluding hydrogens is 232 g/mol. The number of hydrogen-bond acceptors (Lipinski definition) is 2. The second-order valence-electron chi connectivity index (χ2n) is 6.05. The molecule has 0 atom stereocenters. The summed E-state index contributed by atoms with van der Waals surface area (Å²) in [7, 11) is 0. The highest BCUT2D eigenvalue weighted by atomic mass is 16.4. The van der Waals surface area contributed by atoms with Crippen LogP contribution in [0.3, 0.4) is 0 Å². The van der Waals surface area contributed by atoms with Gasteiger partial charge in [0.25, 0.3) is 0 Å². The Hall–Kier alpha value is -1.26. The van der Waals surface area contributed by atoms with Gasteiger partial charge < -0.3 is 15.7 Å². The van der Waals surface area contributed by atoms with E-state index in [1.807, 2.05) is 6.92 Å². The number of carbonyl (C=O) groups excluding carboxylic acids is 1. The van der Waals surface area contributed by atoms with Gasteiger partial charge in [0.15, 0.2) is 0 Å². The Bertz CT molecular complexity index is 344. The van der Waals surface area contributed by atoms with Gasteiger partial charge in [0.1, 0.15) is 0 Å². The van der Waals surface area contributed by atoms with Crippen molar-refractivity contribution < 1.29 is 14.7 Å². The predicted molar refractivity (Wildman–Crippen MR) is 67.4 cm³/mol. The van der Waals surface area contributed by atoms with Crippen LogP contribution in [0.2, 0.25) is 0 Å². The third kappa shape index (κ3) is 2.94. The van der Waals surface area contributed by atoms with E-state index in [0.29, 0.717) is 0 Å². The zero-order chi connectivity index (χ0) is 13.2. The molecule has 0 aromatic rings. The van der Waals surface area contributed by atoms with Gasteiger partial charge in [-0.25, -0.2) is 4.79 Å². The van der Waals surface area contributed by atoms with Crippen molar-refractivity contribution in [1.82, 2.24) is 10.6 Å². The molecular formula is C13H22N2O3. The second-order valence-corrected chi connectivity index (χ2v) is 6.05. The third-order valence-corrected chi connectivity index (χ3v) is 4.30. The molecule has 0 bridgehead atoms. The number of carboxylic acid groups (broad SMARTS) is 1. The largest absolute Gasteiger partial charge is 0.481 e. The molecule has 0 radical (unpaired) electrons. The molecule has 5 nitrogen and oxygen atoms in total. The Morgan fingerprint density at radius 3 is 2.11 bits per heavy atom. The summed E-state index contributed by atoms with van der Waals surface area (Å²) in [5, 5.41) is 14.9. The van der Waals surface area contributed by atoms with Gasteiger partial charge in [-0.05, 0) is 39.0 Å². The molecule has 102 valence electrons. The lowest BCUT2D eigenvalue weighted by molar-refractivity contribution is -0.138. The number of amides is 2. The smallest absolute Gasteiger partial charge is 0.315 e. The van der Waals surface area contributed by atoms with Crippen molar-refractivity contribution in [2.75, 3.05) is 0 Å². The summed E-state index contributed by atoms with van der Waals surface area (Å²) in [6, 6.07) is -0.208. The van der Waals surface area contributed by atoms with E-state index >= 15 is 0 Å². The topological polar surface area (TPSA) is 78.4 Å². The number of nitrogens with one attached hydrogen (secondary N) is 2. The molecule has 0 aromatic carbocycles. The van der Waals surface area contributed by atoms with Crippen LogP contribution in [-0.2, 0) is 4.79 Å². The van der Waals surface area contributed by atoms with E-state index in [-0.39, 0.29) is 18.0 Å². The zero-order valence-corrected chi connectivity index (χ0v) is 10.9. The Labute approximate surface area is 107 Å². The van der Waals surface area contributed by atoms with Crippen LogP contribution in [0.5, 0.6) is 0 Å². The molecule has 0 saturated heterocycles. The Balaban J connectivity index is 1.92. The van der Waals surface area contributed by atoms with Gasteiger partial charge in [-0.2, -0.15) is 0 Å². The predicted octanol–water partition coefficient (Wildman–Crippen LogP) is 2.02. The molecule has 2 saturated carbocycles. The maximum Gasteiger partial charge on any atom is 0.315 e. The van der Waals surface area contributed by atoms with E-state index in [1.54, 1.807) is 0 Å². The first kappa shape index (κ1) is 13.2. The highest BCUT2D eigenvalue weighted by Crippen LogP contribution is 2.34. The van der Waals surface area contributed by atoms with Gasteiger partial charge in [0.2, 0.25) is 0 Å². The number of hydrogen-bond donors (Lipinski definition) is 3. The molecule has 0 heterocycles. The molecule has 18 heavy (non-hydrogen) atoms. The lowest BCUT2D eigenvalue weighted by atomic mass is 9.79. The molecule has 0 aliphatic heterocycles. The van der Waals surface area contributed by atoms with Crippen LogP contribution in [-0.4, -0.2) is 28.2 Å². The molecule has 2 amide bonds. The summed E-state index contributed by atoms with van der Waals surface area (Å²) >= 11 is 0. The maximum atomic E-state index is 12.0. The van der Waals surface area contributed by atoms with Crippen molar-refractivity contribution in [3.63, 3.8) is 0 Å². The lowest BCUT2D eigenvalue weighted by Crippen LogP contribution is -2.59. The SMILES string of the molecule is CC1(NC(=O)NC2(CC(=O)O)CCCC2)CCC1. The van der Waals surface area contributed by atoms with Crippen LogP contribution >= 0.6 is 0 Å². The summed E-state index contributed by atoms with van der Waals surface area (Å²) in [5.74, 6) is -0.841. The fraction of sp³-hybridized carbons (Fsp3) is 0.846. The highest BCUT2D eigenvalue weighted by molar-refractivity contribution is 5.77. The van der Waals surface area contributed by atoms with E-state index in [1.165, 1.54) is 0 Å². The van der Waals surface area contributed by atoms with Gasteiger partial charge in [-0.1, -0.05) is 12.8 Å². The van der Waals surface area contributed by atoms with Gasteiger partial charge in [-0.3, -0.25) is 4.79 Å². The van der Waals surface area contributed by atoms with Crippen molar-refractivity contribution >= 4 is 12.0 Å². The number of carbonyl (C=O) groups is 2. The summed E-state index contributed by atoms with van der Waals surface area (Å²) < 4.78 is 0. The summed E-state index contributed by atoms with van der Waals surface area (Å²) in [6.45, 7) is 2.04. The average Bonchev–Trinajstić information content (AvgIpc) is 2.62. The first-order chi connectivity index (χ1) is 8.43.